The molecule has 0 saturated carbocycles. The molecule has 2 aliphatic heterocycles. The largest absolute Gasteiger partial charge is 0.454 e. The fourth-order valence-electron chi connectivity index (χ4n) is 5.33. The molecule has 4 aromatic rings. The minimum Gasteiger partial charge on any atom is -0.454 e. The summed E-state index contributed by atoms with van der Waals surface area (Å²) < 4.78 is 6.00. The fourth-order valence-corrected chi connectivity index (χ4v) is 6.66. The number of para-hydroxylation sites is 1. The number of hydrogen-bond donors (Lipinski definition) is 0. The molecular weight excluding hydrogens is 480 g/mol. The average molecular weight is 507 g/mol. The zero-order valence-electron chi connectivity index (χ0n) is 19.6. The fraction of sp³-hybridized carbons (Fsp3) is 0.370. The molecule has 6 rings (SSSR count). The van der Waals surface area contributed by atoms with Crippen molar-refractivity contribution in [3.63, 3.8) is 0 Å². The predicted molar refractivity (Wildman–Crippen MR) is 140 cm³/mol. The van der Waals surface area contributed by atoms with Crippen molar-refractivity contribution in [3.8, 4) is 11.5 Å². The van der Waals surface area contributed by atoms with Crippen molar-refractivity contribution in [2.75, 3.05) is 24.5 Å². The number of furan rings is 1. The molecule has 8 heteroatoms. The lowest BCUT2D eigenvalue weighted by Gasteiger charge is -2.34. The Balaban J connectivity index is 1.11. The van der Waals surface area contributed by atoms with Crippen molar-refractivity contribution in [1.29, 1.82) is 0 Å². The number of thiazole rings is 1. The Morgan fingerprint density at radius 1 is 1.14 bits per heavy atom. The van der Waals surface area contributed by atoms with E-state index in [0.717, 1.165) is 77.6 Å². The van der Waals surface area contributed by atoms with E-state index in [1.54, 1.807) is 17.5 Å². The summed E-state index contributed by atoms with van der Waals surface area (Å²) in [6, 6.07) is 11.9. The maximum Gasteiger partial charge on any atom is 0.244 e. The van der Waals surface area contributed by atoms with Crippen LogP contribution in [0.2, 0.25) is 5.02 Å². The number of piperidine rings is 1. The molecule has 180 valence electrons. The first-order chi connectivity index (χ1) is 17.1. The summed E-state index contributed by atoms with van der Waals surface area (Å²) in [6.45, 7) is 4.53. The maximum atomic E-state index is 13.3. The molecule has 0 bridgehead atoms. The molecule has 5 heterocycles. The number of likely N-dealkylation sites (tertiary alicyclic amines) is 1. The topological polar surface area (TPSA) is 62.5 Å². The molecule has 0 N–H and O–H groups in total. The third-order valence-electron chi connectivity index (χ3n) is 7.26. The second kappa shape index (κ2) is 9.37. The summed E-state index contributed by atoms with van der Waals surface area (Å²) in [6.07, 6.45) is 5.34. The van der Waals surface area contributed by atoms with E-state index in [1.165, 1.54) is 0 Å². The lowest BCUT2D eigenvalue weighted by Crippen LogP contribution is -2.45. The van der Waals surface area contributed by atoms with Gasteiger partial charge in [-0.25, -0.2) is 4.98 Å². The summed E-state index contributed by atoms with van der Waals surface area (Å²) in [7, 11) is 0. The van der Waals surface area contributed by atoms with Crippen LogP contribution in [0.1, 0.15) is 42.8 Å². The number of benzene rings is 1. The number of aryl methyl sites for hydroxylation is 1. The van der Waals surface area contributed by atoms with Gasteiger partial charge in [0.15, 0.2) is 5.76 Å². The Bertz CT molecular complexity index is 1340. The predicted octanol–water partition coefficient (Wildman–Crippen LogP) is 6.15. The van der Waals surface area contributed by atoms with Gasteiger partial charge in [-0.05, 0) is 57.0 Å². The molecule has 1 atom stereocenters. The van der Waals surface area contributed by atoms with E-state index in [0.29, 0.717) is 17.5 Å². The molecule has 3 aromatic heterocycles. The minimum absolute atomic E-state index is 0.0762. The number of carbonyl (C=O) groups is 1. The second-order valence-electron chi connectivity index (χ2n) is 9.27. The van der Waals surface area contributed by atoms with Crippen LogP contribution in [-0.4, -0.2) is 46.5 Å². The van der Waals surface area contributed by atoms with Gasteiger partial charge in [-0.3, -0.25) is 14.7 Å². The van der Waals surface area contributed by atoms with Gasteiger partial charge in [0.25, 0.3) is 0 Å². The zero-order chi connectivity index (χ0) is 23.9. The van der Waals surface area contributed by atoms with E-state index in [2.05, 4.69) is 27.4 Å². The quantitative estimate of drug-likeness (QED) is 0.325. The highest BCUT2D eigenvalue weighted by Crippen LogP contribution is 2.37. The Labute approximate surface area is 213 Å². The van der Waals surface area contributed by atoms with E-state index in [9.17, 15) is 4.79 Å². The minimum atomic E-state index is -0.0762. The summed E-state index contributed by atoms with van der Waals surface area (Å²) in [5.74, 6) is 1.40. The van der Waals surface area contributed by atoms with Gasteiger partial charge in [0.05, 0.1) is 27.5 Å². The van der Waals surface area contributed by atoms with Crippen LogP contribution in [0.25, 0.3) is 22.4 Å². The van der Waals surface area contributed by atoms with Gasteiger partial charge in [0.2, 0.25) is 5.91 Å². The Hall–Kier alpha value is -2.74. The number of carbonyl (C=O) groups excluding carboxylic acids is 1. The van der Waals surface area contributed by atoms with Crippen LogP contribution in [-0.2, 0) is 11.2 Å². The molecule has 2 aliphatic rings. The molecule has 2 saturated heterocycles. The number of rotatable bonds is 5. The van der Waals surface area contributed by atoms with Gasteiger partial charge >= 0.3 is 0 Å². The van der Waals surface area contributed by atoms with Crippen LogP contribution in [0, 0.1) is 0 Å². The summed E-state index contributed by atoms with van der Waals surface area (Å²) in [5.41, 5.74) is 3.43. The lowest BCUT2D eigenvalue weighted by molar-refractivity contribution is -0.122. The van der Waals surface area contributed by atoms with Crippen LogP contribution < -0.4 is 4.90 Å². The number of pyridine rings is 1. The number of aromatic nitrogens is 2. The van der Waals surface area contributed by atoms with Gasteiger partial charge < -0.3 is 9.32 Å². The average Bonchev–Trinajstić information content (AvgIpc) is 3.62. The van der Waals surface area contributed by atoms with Crippen LogP contribution in [0.15, 0.2) is 52.4 Å². The Kier molecular flexibility index (Phi) is 6.08. The molecule has 6 nitrogen and oxygen atoms in total. The second-order valence-corrected chi connectivity index (χ2v) is 10.5. The summed E-state index contributed by atoms with van der Waals surface area (Å²) in [4.78, 5) is 26.8. The van der Waals surface area contributed by atoms with E-state index >= 15 is 0 Å². The highest BCUT2D eigenvalue weighted by molar-refractivity contribution is 7.10. The van der Waals surface area contributed by atoms with Crippen molar-refractivity contribution >= 4 is 45.5 Å². The van der Waals surface area contributed by atoms with E-state index in [4.69, 9.17) is 21.0 Å². The molecule has 1 aromatic carbocycles. The van der Waals surface area contributed by atoms with Crippen molar-refractivity contribution in [3.05, 3.63) is 63.7 Å². The monoisotopic (exact) mass is 506 g/mol. The zero-order valence-corrected chi connectivity index (χ0v) is 21.2. The van der Waals surface area contributed by atoms with Gasteiger partial charge in [-0.15, -0.1) is 11.3 Å². The van der Waals surface area contributed by atoms with Gasteiger partial charge in [-0.1, -0.05) is 36.7 Å². The number of fused-ring (bicyclic) bond motifs is 1. The number of nitrogens with zero attached hydrogens (tertiary/aromatic N) is 4. The van der Waals surface area contributed by atoms with Crippen molar-refractivity contribution < 1.29 is 9.21 Å². The summed E-state index contributed by atoms with van der Waals surface area (Å²) >= 11 is 8.27. The molecule has 35 heavy (non-hydrogen) atoms. The maximum absolute atomic E-state index is 13.3. The number of halogens is 1. The molecule has 0 radical (unpaired) electrons. The molecule has 2 fully saturated rings. The number of hydrogen-bond acceptors (Lipinski definition) is 6. The third kappa shape index (κ3) is 4.15. The van der Waals surface area contributed by atoms with Crippen LogP contribution in [0.5, 0.6) is 0 Å². The standard InChI is InChI=1S/C27H27ClN4O2S/c1-2-19-25(28)21(7-11-29-19)32-14-10-22(27(32)33)31-12-8-17(9-13-31)26-30-20(16-35-26)24-15-18-5-3-4-6-23(18)34-24/h3-7,11,15-17,22H,2,8-10,12-14H2,1H3. The molecular formula is C27H27ClN4O2S. The van der Waals surface area contributed by atoms with Gasteiger partial charge in [0.1, 0.15) is 11.3 Å². The van der Waals surface area contributed by atoms with E-state index in [1.807, 2.05) is 36.1 Å². The van der Waals surface area contributed by atoms with E-state index < -0.39 is 0 Å². The SMILES string of the molecule is CCc1nccc(N2CCC(N3CCC(c4nc(-c5cc6ccccc6o5)cs4)CC3)C2=O)c1Cl. The number of anilines is 1. The lowest BCUT2D eigenvalue weighted by atomic mass is 9.96. The van der Waals surface area contributed by atoms with E-state index in [-0.39, 0.29) is 11.9 Å². The third-order valence-corrected chi connectivity index (χ3v) is 8.68. The first-order valence-corrected chi connectivity index (χ1v) is 13.5. The van der Waals surface area contributed by atoms with Crippen molar-refractivity contribution in [2.24, 2.45) is 0 Å². The van der Waals surface area contributed by atoms with Gasteiger partial charge in [-0.2, -0.15) is 0 Å². The normalized spacial score (nSPS) is 19.8. The van der Waals surface area contributed by atoms with Crippen LogP contribution in [0.4, 0.5) is 5.69 Å². The first kappa shape index (κ1) is 22.7. The first-order valence-electron chi connectivity index (χ1n) is 12.3. The molecule has 0 spiro atoms. The molecule has 0 aliphatic carbocycles. The Morgan fingerprint density at radius 2 is 1.97 bits per heavy atom. The van der Waals surface area contributed by atoms with Crippen LogP contribution >= 0.6 is 22.9 Å². The highest BCUT2D eigenvalue weighted by atomic mass is 35.5. The molecule has 1 unspecified atom stereocenters. The smallest absolute Gasteiger partial charge is 0.244 e. The van der Waals surface area contributed by atoms with Crippen molar-refractivity contribution in [1.82, 2.24) is 14.9 Å². The summed E-state index contributed by atoms with van der Waals surface area (Å²) in [5, 5.41) is 4.96. The highest BCUT2D eigenvalue weighted by Gasteiger charge is 2.39. The number of amides is 1. The van der Waals surface area contributed by atoms with Crippen molar-refractivity contribution in [2.45, 2.75) is 44.6 Å². The Morgan fingerprint density at radius 3 is 2.77 bits per heavy atom. The molecule has 1 amide bonds. The van der Waals surface area contributed by atoms with Gasteiger partial charge in [0, 0.05) is 29.4 Å². The van der Waals surface area contributed by atoms with Crippen LogP contribution in [0.3, 0.4) is 0 Å².